The summed E-state index contributed by atoms with van der Waals surface area (Å²) in [6, 6.07) is 0.106. The van der Waals surface area contributed by atoms with Crippen LogP contribution in [0, 0.1) is 25.7 Å². The van der Waals surface area contributed by atoms with E-state index in [0.717, 1.165) is 25.2 Å². The standard InChI is InChI=1S/C14H24N4O2S/c1-5-13-12-7-15-6-11(12)8-18(13)21(19,20)14-9(2)16-17(4)10(14)3/h11-13,15H,5-8H2,1-4H3. The van der Waals surface area contributed by atoms with Crippen molar-refractivity contribution in [1.29, 1.82) is 0 Å². The first-order valence-electron chi connectivity index (χ1n) is 7.60. The van der Waals surface area contributed by atoms with Crippen LogP contribution < -0.4 is 5.32 Å². The molecule has 0 aromatic carbocycles. The number of hydrogen-bond donors (Lipinski definition) is 1. The summed E-state index contributed by atoms with van der Waals surface area (Å²) < 4.78 is 29.7. The lowest BCUT2D eigenvalue weighted by molar-refractivity contribution is 0.328. The molecular weight excluding hydrogens is 288 g/mol. The van der Waals surface area contributed by atoms with Gasteiger partial charge in [0.2, 0.25) is 10.0 Å². The molecule has 0 spiro atoms. The van der Waals surface area contributed by atoms with Crippen molar-refractivity contribution in [2.75, 3.05) is 19.6 Å². The minimum absolute atomic E-state index is 0.106. The Morgan fingerprint density at radius 1 is 1.33 bits per heavy atom. The number of nitrogens with one attached hydrogen (secondary N) is 1. The zero-order valence-electron chi connectivity index (χ0n) is 13.1. The average Bonchev–Trinajstić information content (AvgIpc) is 3.03. The lowest BCUT2D eigenvalue weighted by Gasteiger charge is -2.26. The Labute approximate surface area is 126 Å². The second-order valence-corrected chi connectivity index (χ2v) is 8.08. The van der Waals surface area contributed by atoms with Crippen LogP contribution in [0.15, 0.2) is 4.90 Å². The Kier molecular flexibility index (Phi) is 3.62. The first kappa shape index (κ1) is 15.0. The minimum Gasteiger partial charge on any atom is -0.316 e. The molecule has 0 bridgehead atoms. The molecule has 2 aliphatic heterocycles. The van der Waals surface area contributed by atoms with Crippen LogP contribution in [-0.4, -0.2) is 48.2 Å². The van der Waals surface area contributed by atoms with Gasteiger partial charge in [-0.15, -0.1) is 0 Å². The molecule has 118 valence electrons. The van der Waals surface area contributed by atoms with Gasteiger partial charge >= 0.3 is 0 Å². The number of aromatic nitrogens is 2. The molecule has 2 fully saturated rings. The Hall–Kier alpha value is -0.920. The monoisotopic (exact) mass is 312 g/mol. The van der Waals surface area contributed by atoms with Crippen molar-refractivity contribution in [1.82, 2.24) is 19.4 Å². The fraction of sp³-hybridized carbons (Fsp3) is 0.786. The van der Waals surface area contributed by atoms with Crippen molar-refractivity contribution >= 4 is 10.0 Å². The maximum atomic E-state index is 13.1. The molecule has 2 aliphatic rings. The highest BCUT2D eigenvalue weighted by Gasteiger charge is 2.49. The molecule has 3 rings (SSSR count). The molecule has 0 aliphatic carbocycles. The molecule has 21 heavy (non-hydrogen) atoms. The van der Waals surface area contributed by atoms with Gasteiger partial charge < -0.3 is 5.32 Å². The molecular formula is C14H24N4O2S. The van der Waals surface area contributed by atoms with Crippen molar-refractivity contribution in [2.45, 2.75) is 38.1 Å². The van der Waals surface area contributed by atoms with E-state index in [4.69, 9.17) is 0 Å². The zero-order chi connectivity index (χ0) is 15.4. The maximum Gasteiger partial charge on any atom is 0.247 e. The van der Waals surface area contributed by atoms with Crippen LogP contribution in [0.3, 0.4) is 0 Å². The van der Waals surface area contributed by atoms with Gasteiger partial charge in [0.1, 0.15) is 4.90 Å². The average molecular weight is 312 g/mol. The molecule has 3 unspecified atom stereocenters. The predicted molar refractivity (Wildman–Crippen MR) is 80.5 cm³/mol. The number of nitrogens with zero attached hydrogens (tertiary/aromatic N) is 3. The molecule has 0 saturated carbocycles. The summed E-state index contributed by atoms with van der Waals surface area (Å²) in [6.45, 7) is 8.17. The third-order valence-electron chi connectivity index (χ3n) is 5.10. The molecule has 3 heterocycles. The molecule has 1 aromatic rings. The summed E-state index contributed by atoms with van der Waals surface area (Å²) in [5.41, 5.74) is 1.32. The van der Waals surface area contributed by atoms with E-state index >= 15 is 0 Å². The highest BCUT2D eigenvalue weighted by Crippen LogP contribution is 2.38. The van der Waals surface area contributed by atoms with E-state index in [1.807, 2.05) is 6.92 Å². The Bertz CT molecular complexity index is 652. The van der Waals surface area contributed by atoms with Gasteiger partial charge in [-0.25, -0.2) is 8.42 Å². The molecule has 3 atom stereocenters. The van der Waals surface area contributed by atoms with Gasteiger partial charge in [0, 0.05) is 19.6 Å². The van der Waals surface area contributed by atoms with E-state index in [1.54, 1.807) is 23.0 Å². The SMILES string of the molecule is CCC1C2CNCC2CN1S(=O)(=O)c1c(C)nn(C)c1C. The summed E-state index contributed by atoms with van der Waals surface area (Å²) in [6.07, 6.45) is 0.862. The lowest BCUT2D eigenvalue weighted by atomic mass is 9.93. The minimum atomic E-state index is -3.46. The molecule has 1 aromatic heterocycles. The van der Waals surface area contributed by atoms with Gasteiger partial charge in [-0.3, -0.25) is 4.68 Å². The fourth-order valence-electron chi connectivity index (χ4n) is 4.01. The van der Waals surface area contributed by atoms with Crippen LogP contribution in [0.4, 0.5) is 0 Å². The lowest BCUT2D eigenvalue weighted by Crippen LogP contribution is -2.39. The van der Waals surface area contributed by atoms with Gasteiger partial charge in [0.15, 0.2) is 0 Å². The molecule has 7 heteroatoms. The highest BCUT2D eigenvalue weighted by molar-refractivity contribution is 7.89. The zero-order valence-corrected chi connectivity index (χ0v) is 13.9. The van der Waals surface area contributed by atoms with Gasteiger partial charge in [-0.2, -0.15) is 9.40 Å². The predicted octanol–water partition coefficient (Wildman–Crippen LogP) is 0.655. The summed E-state index contributed by atoms with van der Waals surface area (Å²) in [5.74, 6) is 0.893. The highest BCUT2D eigenvalue weighted by atomic mass is 32.2. The Balaban J connectivity index is 2.02. The maximum absolute atomic E-state index is 13.1. The van der Waals surface area contributed by atoms with Crippen LogP contribution in [0.2, 0.25) is 0 Å². The molecule has 6 nitrogen and oxygen atoms in total. The fourth-order valence-corrected chi connectivity index (χ4v) is 6.21. The van der Waals surface area contributed by atoms with E-state index in [2.05, 4.69) is 17.3 Å². The van der Waals surface area contributed by atoms with Gasteiger partial charge in [0.25, 0.3) is 0 Å². The molecule has 1 N–H and O–H groups in total. The van der Waals surface area contributed by atoms with Crippen molar-refractivity contribution in [2.24, 2.45) is 18.9 Å². The number of aryl methyl sites for hydroxylation is 2. The summed E-state index contributed by atoms with van der Waals surface area (Å²) in [5, 5.41) is 7.66. The first-order valence-corrected chi connectivity index (χ1v) is 9.04. The van der Waals surface area contributed by atoms with Crippen LogP contribution in [0.1, 0.15) is 24.7 Å². The number of hydrogen-bond acceptors (Lipinski definition) is 4. The van der Waals surface area contributed by atoms with E-state index < -0.39 is 10.0 Å². The van der Waals surface area contributed by atoms with Crippen molar-refractivity contribution < 1.29 is 8.42 Å². The second kappa shape index (κ2) is 5.07. The van der Waals surface area contributed by atoms with Gasteiger partial charge in [-0.05, 0) is 45.2 Å². The van der Waals surface area contributed by atoms with Gasteiger partial charge in [-0.1, -0.05) is 6.92 Å². The molecule has 0 amide bonds. The van der Waals surface area contributed by atoms with E-state index in [-0.39, 0.29) is 6.04 Å². The largest absolute Gasteiger partial charge is 0.316 e. The third-order valence-corrected chi connectivity index (χ3v) is 7.24. The Morgan fingerprint density at radius 3 is 2.62 bits per heavy atom. The molecule has 2 saturated heterocycles. The number of fused-ring (bicyclic) bond motifs is 1. The quantitative estimate of drug-likeness (QED) is 0.890. The first-order chi connectivity index (χ1) is 9.87. The number of sulfonamides is 1. The van der Waals surface area contributed by atoms with Crippen LogP contribution >= 0.6 is 0 Å². The topological polar surface area (TPSA) is 67.2 Å². The summed E-state index contributed by atoms with van der Waals surface area (Å²) in [4.78, 5) is 0.399. The summed E-state index contributed by atoms with van der Waals surface area (Å²) in [7, 11) is -1.67. The van der Waals surface area contributed by atoms with E-state index in [1.165, 1.54) is 0 Å². The van der Waals surface area contributed by atoms with Crippen LogP contribution in [-0.2, 0) is 17.1 Å². The third kappa shape index (κ3) is 2.13. The van der Waals surface area contributed by atoms with Crippen LogP contribution in [0.5, 0.6) is 0 Å². The van der Waals surface area contributed by atoms with Crippen molar-refractivity contribution in [3.63, 3.8) is 0 Å². The smallest absolute Gasteiger partial charge is 0.247 e. The van der Waals surface area contributed by atoms with Crippen LogP contribution in [0.25, 0.3) is 0 Å². The van der Waals surface area contributed by atoms with E-state index in [9.17, 15) is 8.42 Å². The summed E-state index contributed by atoms with van der Waals surface area (Å²) >= 11 is 0. The second-order valence-electron chi connectivity index (χ2n) is 6.26. The van der Waals surface area contributed by atoms with Gasteiger partial charge in [0.05, 0.1) is 11.4 Å². The van der Waals surface area contributed by atoms with E-state index in [0.29, 0.717) is 29.0 Å². The van der Waals surface area contributed by atoms with Crippen molar-refractivity contribution in [3.05, 3.63) is 11.4 Å². The number of rotatable bonds is 3. The Morgan fingerprint density at radius 2 is 2.05 bits per heavy atom. The van der Waals surface area contributed by atoms with Crippen molar-refractivity contribution in [3.8, 4) is 0 Å². The molecule has 0 radical (unpaired) electrons. The normalized spacial score (nSPS) is 30.0.